The lowest BCUT2D eigenvalue weighted by Gasteiger charge is -2.27. The van der Waals surface area contributed by atoms with Gasteiger partial charge in [0.05, 0.1) is 0 Å². The summed E-state index contributed by atoms with van der Waals surface area (Å²) in [6.45, 7) is 6.55. The molecule has 0 spiro atoms. The first kappa shape index (κ1) is 16.2. The number of nitrogens with two attached hydrogens (primary N) is 1. The Kier molecular flexibility index (Phi) is 6.77. The van der Waals surface area contributed by atoms with Gasteiger partial charge in [-0.2, -0.15) is 0 Å². The lowest BCUT2D eigenvalue weighted by atomic mass is 9.80. The van der Waals surface area contributed by atoms with E-state index >= 15 is 0 Å². The third-order valence-electron chi connectivity index (χ3n) is 4.91. The van der Waals surface area contributed by atoms with Gasteiger partial charge >= 0.3 is 7.12 Å². The summed E-state index contributed by atoms with van der Waals surface area (Å²) in [5.74, 6) is 2.01. The Hall–Kier alpha value is -0.135. The molecule has 3 atom stereocenters. The lowest BCUT2D eigenvalue weighted by molar-refractivity contribution is 0.234. The van der Waals surface area contributed by atoms with Crippen LogP contribution in [0.2, 0.25) is 6.32 Å². The van der Waals surface area contributed by atoms with Gasteiger partial charge in [0.15, 0.2) is 0 Å². The second kappa shape index (κ2) is 8.34. The Morgan fingerprint density at radius 3 is 2.70 bits per heavy atom. The van der Waals surface area contributed by atoms with Gasteiger partial charge in [0.25, 0.3) is 0 Å². The van der Waals surface area contributed by atoms with E-state index in [1.807, 2.05) is 0 Å². The maximum atomic E-state index is 8.93. The minimum Gasteiger partial charge on any atom is -0.427 e. The molecule has 20 heavy (non-hydrogen) atoms. The minimum atomic E-state index is -1.16. The second-order valence-electron chi connectivity index (χ2n) is 6.60. The van der Waals surface area contributed by atoms with Gasteiger partial charge in [-0.25, -0.2) is 0 Å². The summed E-state index contributed by atoms with van der Waals surface area (Å²) >= 11 is 0. The quantitative estimate of drug-likeness (QED) is 0.484. The molecule has 0 bridgehead atoms. The van der Waals surface area contributed by atoms with E-state index in [9.17, 15) is 0 Å². The van der Waals surface area contributed by atoms with Crippen molar-refractivity contribution in [2.24, 2.45) is 23.5 Å². The van der Waals surface area contributed by atoms with E-state index in [1.165, 1.54) is 25.9 Å². The van der Waals surface area contributed by atoms with Crippen molar-refractivity contribution in [2.75, 3.05) is 39.3 Å². The highest BCUT2D eigenvalue weighted by Crippen LogP contribution is 2.28. The largest absolute Gasteiger partial charge is 0.451 e. The van der Waals surface area contributed by atoms with E-state index < -0.39 is 7.12 Å². The monoisotopic (exact) mass is 283 g/mol. The predicted molar refractivity (Wildman–Crippen MR) is 82.3 cm³/mol. The third kappa shape index (κ3) is 5.00. The van der Waals surface area contributed by atoms with Gasteiger partial charge in [-0.1, -0.05) is 6.42 Å². The smallest absolute Gasteiger partial charge is 0.427 e. The van der Waals surface area contributed by atoms with Crippen molar-refractivity contribution in [3.05, 3.63) is 0 Å². The number of nitrogens with zero attached hydrogens (tertiary/aromatic N) is 1. The average Bonchev–Trinajstić information content (AvgIpc) is 2.81. The van der Waals surface area contributed by atoms with Gasteiger partial charge in [0.1, 0.15) is 0 Å². The van der Waals surface area contributed by atoms with Crippen molar-refractivity contribution >= 4 is 7.12 Å². The Bertz CT molecular complexity index is 275. The van der Waals surface area contributed by atoms with E-state index in [0.717, 1.165) is 44.9 Å². The molecule has 0 radical (unpaired) electrons. The van der Waals surface area contributed by atoms with Crippen LogP contribution in [0.5, 0.6) is 0 Å². The standard InChI is InChI=1S/C14H30BN3O2/c16-7-14-11-18(9-12-3-2-6-17-8-12)10-13(14)4-1-5-15(19)20/h12-14,17,19-20H,1-11,16H2. The summed E-state index contributed by atoms with van der Waals surface area (Å²) in [5, 5.41) is 21.3. The van der Waals surface area contributed by atoms with Gasteiger partial charge in [0.2, 0.25) is 0 Å². The van der Waals surface area contributed by atoms with Crippen LogP contribution in [0.15, 0.2) is 0 Å². The highest BCUT2D eigenvalue weighted by atomic mass is 16.4. The van der Waals surface area contributed by atoms with Gasteiger partial charge in [-0.15, -0.1) is 0 Å². The number of hydrogen-bond donors (Lipinski definition) is 4. The van der Waals surface area contributed by atoms with E-state index in [-0.39, 0.29) is 0 Å². The Balaban J connectivity index is 1.73. The molecular weight excluding hydrogens is 253 g/mol. The molecule has 2 rings (SSSR count). The van der Waals surface area contributed by atoms with Crippen LogP contribution >= 0.6 is 0 Å². The van der Waals surface area contributed by atoms with Crippen molar-refractivity contribution in [1.29, 1.82) is 0 Å². The van der Waals surface area contributed by atoms with Crippen molar-refractivity contribution in [2.45, 2.75) is 32.0 Å². The van der Waals surface area contributed by atoms with Crippen molar-refractivity contribution in [1.82, 2.24) is 10.2 Å². The van der Waals surface area contributed by atoms with E-state index in [0.29, 0.717) is 18.2 Å². The molecule has 0 aliphatic carbocycles. The average molecular weight is 283 g/mol. The van der Waals surface area contributed by atoms with Gasteiger partial charge in [0, 0.05) is 19.6 Å². The Labute approximate surface area is 123 Å². The fraction of sp³-hybridized carbons (Fsp3) is 1.00. The first-order valence-electron chi connectivity index (χ1n) is 8.18. The summed E-state index contributed by atoms with van der Waals surface area (Å²) in [7, 11) is -1.16. The first-order chi connectivity index (χ1) is 9.69. The number of nitrogens with one attached hydrogen (secondary N) is 1. The van der Waals surface area contributed by atoms with Gasteiger partial charge in [-0.3, -0.25) is 0 Å². The van der Waals surface area contributed by atoms with Crippen LogP contribution in [0.25, 0.3) is 0 Å². The van der Waals surface area contributed by atoms with Crippen LogP contribution in [0.4, 0.5) is 0 Å². The highest BCUT2D eigenvalue weighted by molar-refractivity contribution is 6.40. The molecule has 0 aromatic rings. The SMILES string of the molecule is NCC1CN(CC2CCCNC2)CC1CCCB(O)O. The topological polar surface area (TPSA) is 81.8 Å². The van der Waals surface area contributed by atoms with Crippen LogP contribution in [0.1, 0.15) is 25.7 Å². The Morgan fingerprint density at radius 2 is 2.05 bits per heavy atom. The van der Waals surface area contributed by atoms with Crippen molar-refractivity contribution in [3.63, 3.8) is 0 Å². The van der Waals surface area contributed by atoms with Gasteiger partial charge < -0.3 is 26.0 Å². The highest BCUT2D eigenvalue weighted by Gasteiger charge is 2.32. The molecule has 2 fully saturated rings. The molecule has 2 heterocycles. The normalized spacial score (nSPS) is 31.6. The second-order valence-corrected chi connectivity index (χ2v) is 6.60. The van der Waals surface area contributed by atoms with Gasteiger partial charge in [-0.05, 0) is 63.0 Å². The molecule has 116 valence electrons. The lowest BCUT2D eigenvalue weighted by Crippen LogP contribution is -2.37. The zero-order valence-corrected chi connectivity index (χ0v) is 12.5. The summed E-state index contributed by atoms with van der Waals surface area (Å²) in [6, 6.07) is 0. The minimum absolute atomic E-state index is 0.486. The fourth-order valence-corrected chi connectivity index (χ4v) is 3.79. The van der Waals surface area contributed by atoms with Crippen LogP contribution in [0, 0.1) is 17.8 Å². The molecule has 0 aromatic heterocycles. The fourth-order valence-electron chi connectivity index (χ4n) is 3.79. The summed E-state index contributed by atoms with van der Waals surface area (Å²) in [4.78, 5) is 2.58. The van der Waals surface area contributed by atoms with E-state index in [4.69, 9.17) is 15.8 Å². The maximum Gasteiger partial charge on any atom is 0.451 e. The summed E-state index contributed by atoms with van der Waals surface area (Å²) in [6.07, 6.45) is 5.09. The third-order valence-corrected chi connectivity index (χ3v) is 4.91. The van der Waals surface area contributed by atoms with Crippen molar-refractivity contribution in [3.8, 4) is 0 Å². The van der Waals surface area contributed by atoms with E-state index in [2.05, 4.69) is 10.2 Å². The summed E-state index contributed by atoms with van der Waals surface area (Å²) < 4.78 is 0. The number of hydrogen-bond acceptors (Lipinski definition) is 5. The van der Waals surface area contributed by atoms with Crippen molar-refractivity contribution < 1.29 is 10.0 Å². The molecule has 5 N–H and O–H groups in total. The molecule has 2 aliphatic rings. The molecule has 6 heteroatoms. The number of likely N-dealkylation sites (tertiary alicyclic amines) is 1. The molecule has 3 unspecified atom stereocenters. The molecule has 2 aliphatic heterocycles. The summed E-state index contributed by atoms with van der Waals surface area (Å²) in [5.41, 5.74) is 5.91. The van der Waals surface area contributed by atoms with Crippen LogP contribution in [-0.2, 0) is 0 Å². The predicted octanol–water partition coefficient (Wildman–Crippen LogP) is -0.254. The van der Waals surface area contributed by atoms with Crippen LogP contribution < -0.4 is 11.1 Å². The first-order valence-corrected chi connectivity index (χ1v) is 8.18. The number of rotatable bonds is 7. The molecular formula is C14H30BN3O2. The molecule has 0 amide bonds. The van der Waals surface area contributed by atoms with Crippen LogP contribution in [-0.4, -0.2) is 61.3 Å². The molecule has 2 saturated heterocycles. The molecule has 0 saturated carbocycles. The molecule has 5 nitrogen and oxygen atoms in total. The zero-order valence-electron chi connectivity index (χ0n) is 12.5. The van der Waals surface area contributed by atoms with E-state index in [1.54, 1.807) is 0 Å². The maximum absolute atomic E-state index is 8.93. The number of piperidine rings is 1. The Morgan fingerprint density at radius 1 is 1.25 bits per heavy atom. The van der Waals surface area contributed by atoms with Crippen LogP contribution in [0.3, 0.4) is 0 Å². The zero-order chi connectivity index (χ0) is 14.4. The molecule has 0 aromatic carbocycles.